The number of rotatable bonds is 4. The molecule has 1 fully saturated rings. The monoisotopic (exact) mass is 376 g/mol. The van der Waals surface area contributed by atoms with Gasteiger partial charge in [-0.1, -0.05) is 30.3 Å². The molecule has 2 aromatic rings. The first kappa shape index (κ1) is 17.4. The molecule has 1 atom stereocenters. The maximum absolute atomic E-state index is 13.0. The Morgan fingerprint density at radius 1 is 1.14 bits per heavy atom. The standard InChI is InChI=1S/C23H24N2O3/c1-14-6-7-18-21(26)20(12-19-17-5-3-2-4-15(17)13-25-19)28-23(18)22(14)27-16-8-10-24-11-9-16/h2-7,16,20,24H,8-13H2,1H3. The average molecular weight is 376 g/mol. The zero-order valence-corrected chi connectivity index (χ0v) is 16.0. The summed E-state index contributed by atoms with van der Waals surface area (Å²) >= 11 is 0. The lowest BCUT2D eigenvalue weighted by Crippen LogP contribution is -2.34. The minimum atomic E-state index is -0.530. The van der Waals surface area contributed by atoms with Crippen molar-refractivity contribution in [2.24, 2.45) is 4.99 Å². The molecule has 5 heteroatoms. The molecule has 3 aliphatic heterocycles. The van der Waals surface area contributed by atoms with Crippen molar-refractivity contribution in [1.29, 1.82) is 0 Å². The Bertz CT molecular complexity index is 960. The number of fused-ring (bicyclic) bond motifs is 2. The van der Waals surface area contributed by atoms with E-state index in [1.165, 1.54) is 5.56 Å². The molecule has 5 rings (SSSR count). The summed E-state index contributed by atoms with van der Waals surface area (Å²) in [5, 5.41) is 3.35. The predicted octanol–water partition coefficient (Wildman–Crippen LogP) is 3.46. The van der Waals surface area contributed by atoms with Crippen molar-refractivity contribution in [3.05, 3.63) is 58.7 Å². The van der Waals surface area contributed by atoms with Crippen molar-refractivity contribution >= 4 is 11.5 Å². The zero-order chi connectivity index (χ0) is 19.1. The number of piperidine rings is 1. The SMILES string of the molecule is Cc1ccc2c(c1OC1CCNCC1)OC(CC1=NCc3ccccc31)C2=O. The number of ketones is 1. The van der Waals surface area contributed by atoms with Crippen LogP contribution in [0.25, 0.3) is 0 Å². The van der Waals surface area contributed by atoms with Gasteiger partial charge in [0.1, 0.15) is 6.10 Å². The van der Waals surface area contributed by atoms with Crippen LogP contribution in [0.15, 0.2) is 41.4 Å². The van der Waals surface area contributed by atoms with Crippen LogP contribution in [0, 0.1) is 6.92 Å². The molecule has 0 amide bonds. The minimum absolute atomic E-state index is 0.0252. The van der Waals surface area contributed by atoms with Gasteiger partial charge in [0.05, 0.1) is 12.1 Å². The fraction of sp³-hybridized carbons (Fsp3) is 0.391. The number of aryl methyl sites for hydroxylation is 1. The van der Waals surface area contributed by atoms with E-state index in [0.717, 1.165) is 48.5 Å². The molecule has 144 valence electrons. The average Bonchev–Trinajstić information content (AvgIpc) is 3.27. The molecule has 0 bridgehead atoms. The van der Waals surface area contributed by atoms with Crippen LogP contribution in [0.1, 0.15) is 46.3 Å². The van der Waals surface area contributed by atoms with Crippen molar-refractivity contribution in [2.75, 3.05) is 13.1 Å². The summed E-state index contributed by atoms with van der Waals surface area (Å²) in [6.07, 6.45) is 2.06. The largest absolute Gasteiger partial charge is 0.486 e. The molecule has 1 N–H and O–H groups in total. The van der Waals surface area contributed by atoms with Crippen LogP contribution in [0.3, 0.4) is 0 Å². The highest BCUT2D eigenvalue weighted by Gasteiger charge is 2.37. The Labute approximate surface area is 164 Å². The smallest absolute Gasteiger partial charge is 0.207 e. The van der Waals surface area contributed by atoms with Crippen LogP contribution in [0.4, 0.5) is 0 Å². The summed E-state index contributed by atoms with van der Waals surface area (Å²) in [5.41, 5.74) is 4.95. The van der Waals surface area contributed by atoms with E-state index in [2.05, 4.69) is 22.4 Å². The molecule has 0 aliphatic carbocycles. The summed E-state index contributed by atoms with van der Waals surface area (Å²) in [4.78, 5) is 17.7. The Kier molecular flexibility index (Phi) is 4.40. The predicted molar refractivity (Wildman–Crippen MR) is 108 cm³/mol. The van der Waals surface area contributed by atoms with Gasteiger partial charge in [-0.2, -0.15) is 0 Å². The van der Waals surface area contributed by atoms with Crippen LogP contribution in [-0.4, -0.2) is 36.8 Å². The van der Waals surface area contributed by atoms with E-state index in [0.29, 0.717) is 24.3 Å². The molecule has 0 radical (unpaired) electrons. The van der Waals surface area contributed by atoms with Crippen LogP contribution in [-0.2, 0) is 6.54 Å². The highest BCUT2D eigenvalue weighted by Crippen LogP contribution is 2.42. The van der Waals surface area contributed by atoms with E-state index >= 15 is 0 Å². The van der Waals surface area contributed by atoms with Crippen molar-refractivity contribution in [2.45, 2.75) is 44.9 Å². The molecular formula is C23H24N2O3. The number of benzene rings is 2. The van der Waals surface area contributed by atoms with Gasteiger partial charge in [0.15, 0.2) is 17.6 Å². The maximum atomic E-state index is 13.0. The third-order valence-corrected chi connectivity index (χ3v) is 5.84. The highest BCUT2D eigenvalue weighted by atomic mass is 16.5. The number of ether oxygens (including phenoxy) is 2. The van der Waals surface area contributed by atoms with Gasteiger partial charge in [-0.15, -0.1) is 0 Å². The van der Waals surface area contributed by atoms with E-state index in [1.54, 1.807) is 0 Å². The Balaban J connectivity index is 1.39. The van der Waals surface area contributed by atoms with E-state index in [1.807, 2.05) is 31.2 Å². The van der Waals surface area contributed by atoms with Gasteiger partial charge in [-0.05, 0) is 50.0 Å². The maximum Gasteiger partial charge on any atom is 0.207 e. The Hall–Kier alpha value is -2.66. The molecule has 28 heavy (non-hydrogen) atoms. The van der Waals surface area contributed by atoms with Gasteiger partial charge >= 0.3 is 0 Å². The van der Waals surface area contributed by atoms with Gasteiger partial charge in [-0.25, -0.2) is 0 Å². The third-order valence-electron chi connectivity index (χ3n) is 5.84. The molecule has 1 saturated heterocycles. The first-order chi connectivity index (χ1) is 13.7. The zero-order valence-electron chi connectivity index (χ0n) is 16.0. The van der Waals surface area contributed by atoms with Gasteiger partial charge < -0.3 is 14.8 Å². The van der Waals surface area contributed by atoms with E-state index in [4.69, 9.17) is 9.47 Å². The molecule has 2 aromatic carbocycles. The summed E-state index contributed by atoms with van der Waals surface area (Å²) in [7, 11) is 0. The second-order valence-electron chi connectivity index (χ2n) is 7.75. The summed E-state index contributed by atoms with van der Waals surface area (Å²) < 4.78 is 12.5. The summed E-state index contributed by atoms with van der Waals surface area (Å²) in [6, 6.07) is 12.0. The molecule has 0 spiro atoms. The lowest BCUT2D eigenvalue weighted by Gasteiger charge is -2.25. The first-order valence-electron chi connectivity index (χ1n) is 10.0. The molecule has 3 heterocycles. The number of aliphatic imine (C=N–C) groups is 1. The first-order valence-corrected chi connectivity index (χ1v) is 10.0. The molecule has 3 aliphatic rings. The van der Waals surface area contributed by atoms with Gasteiger partial charge in [0.25, 0.3) is 0 Å². The van der Waals surface area contributed by atoms with Crippen LogP contribution in [0.5, 0.6) is 11.5 Å². The number of carbonyl (C=O) groups is 1. The number of hydrogen-bond donors (Lipinski definition) is 1. The van der Waals surface area contributed by atoms with Gasteiger partial charge in [-0.3, -0.25) is 9.79 Å². The minimum Gasteiger partial charge on any atom is -0.486 e. The quantitative estimate of drug-likeness (QED) is 0.888. The molecule has 0 aromatic heterocycles. The van der Waals surface area contributed by atoms with Crippen molar-refractivity contribution in [1.82, 2.24) is 5.32 Å². The summed E-state index contributed by atoms with van der Waals surface area (Å²) in [6.45, 7) is 4.61. The second kappa shape index (κ2) is 7.06. The molecule has 1 unspecified atom stereocenters. The normalized spacial score (nSPS) is 21.1. The fourth-order valence-corrected chi connectivity index (χ4v) is 4.26. The van der Waals surface area contributed by atoms with E-state index < -0.39 is 6.10 Å². The van der Waals surface area contributed by atoms with Crippen molar-refractivity contribution in [3.8, 4) is 11.5 Å². The van der Waals surface area contributed by atoms with Crippen LogP contribution >= 0.6 is 0 Å². The lowest BCUT2D eigenvalue weighted by atomic mass is 9.98. The number of nitrogens with one attached hydrogen (secondary N) is 1. The van der Waals surface area contributed by atoms with Crippen LogP contribution in [0.2, 0.25) is 0 Å². The highest BCUT2D eigenvalue weighted by molar-refractivity contribution is 6.11. The summed E-state index contributed by atoms with van der Waals surface area (Å²) in [5.74, 6) is 1.37. The van der Waals surface area contributed by atoms with Gasteiger partial charge in [0.2, 0.25) is 5.78 Å². The Morgan fingerprint density at radius 3 is 2.82 bits per heavy atom. The van der Waals surface area contributed by atoms with Crippen molar-refractivity contribution in [3.63, 3.8) is 0 Å². The Morgan fingerprint density at radius 2 is 1.96 bits per heavy atom. The number of hydrogen-bond acceptors (Lipinski definition) is 5. The molecule has 0 saturated carbocycles. The third kappa shape index (κ3) is 3.00. The fourth-order valence-electron chi connectivity index (χ4n) is 4.26. The lowest BCUT2D eigenvalue weighted by molar-refractivity contribution is 0.0859. The van der Waals surface area contributed by atoms with Gasteiger partial charge in [0, 0.05) is 17.7 Å². The van der Waals surface area contributed by atoms with Crippen molar-refractivity contribution < 1.29 is 14.3 Å². The molecular weight excluding hydrogens is 352 g/mol. The van der Waals surface area contributed by atoms with Crippen LogP contribution < -0.4 is 14.8 Å². The number of nitrogens with zero attached hydrogens (tertiary/aromatic N) is 1. The number of carbonyl (C=O) groups excluding carboxylic acids is 1. The topological polar surface area (TPSA) is 59.9 Å². The number of Topliss-reactive ketones (excluding diaryl/α,β-unsaturated/α-hetero) is 1. The molecule has 5 nitrogen and oxygen atoms in total. The van der Waals surface area contributed by atoms with E-state index in [-0.39, 0.29) is 11.9 Å². The second-order valence-corrected chi connectivity index (χ2v) is 7.75. The van der Waals surface area contributed by atoms with E-state index in [9.17, 15) is 4.79 Å².